The molecule has 0 aromatic heterocycles. The van der Waals surface area contributed by atoms with Crippen molar-refractivity contribution in [1.82, 2.24) is 4.90 Å². The van der Waals surface area contributed by atoms with Crippen molar-refractivity contribution in [2.75, 3.05) is 24.1 Å². The zero-order valence-electron chi connectivity index (χ0n) is 16.8. The predicted octanol–water partition coefficient (Wildman–Crippen LogP) is 3.89. The van der Waals surface area contributed by atoms with Crippen LogP contribution in [-0.4, -0.2) is 34.6 Å². The number of likely N-dealkylation sites (tertiary alicyclic amines) is 1. The fourth-order valence-corrected chi connectivity index (χ4v) is 3.88. The molecule has 5 heteroatoms. The smallest absolute Gasteiger partial charge is 0.255 e. The van der Waals surface area contributed by atoms with Crippen molar-refractivity contribution in [1.29, 1.82) is 0 Å². The minimum atomic E-state index is -0.576. The van der Waals surface area contributed by atoms with E-state index in [4.69, 9.17) is 5.73 Å². The Kier molecular flexibility index (Phi) is 6.37. The van der Waals surface area contributed by atoms with E-state index in [1.165, 1.54) is 5.56 Å². The lowest BCUT2D eigenvalue weighted by molar-refractivity contribution is 0.0368. The Labute approximate surface area is 167 Å². The van der Waals surface area contributed by atoms with Crippen molar-refractivity contribution < 1.29 is 9.90 Å². The molecule has 0 radical (unpaired) electrons. The zero-order valence-corrected chi connectivity index (χ0v) is 16.8. The molecule has 0 aliphatic carbocycles. The Balaban J connectivity index is 1.51. The number of anilines is 2. The van der Waals surface area contributed by atoms with Gasteiger partial charge in [-0.15, -0.1) is 0 Å². The van der Waals surface area contributed by atoms with E-state index in [-0.39, 0.29) is 5.91 Å². The lowest BCUT2D eigenvalue weighted by Gasteiger charge is -2.34. The largest absolute Gasteiger partial charge is 0.397 e. The van der Waals surface area contributed by atoms with E-state index in [2.05, 4.69) is 10.2 Å². The van der Waals surface area contributed by atoms with Gasteiger partial charge < -0.3 is 16.2 Å². The summed E-state index contributed by atoms with van der Waals surface area (Å²) in [5, 5.41) is 12.9. The summed E-state index contributed by atoms with van der Waals surface area (Å²) in [6.07, 6.45) is 3.13. The van der Waals surface area contributed by atoms with Gasteiger partial charge in [-0.05, 0) is 81.9 Å². The van der Waals surface area contributed by atoms with Crippen LogP contribution in [-0.2, 0) is 6.54 Å². The number of piperidine rings is 1. The molecule has 1 saturated heterocycles. The van der Waals surface area contributed by atoms with Gasteiger partial charge in [0.1, 0.15) is 0 Å². The number of para-hydroxylation sites is 2. The molecule has 1 amide bonds. The van der Waals surface area contributed by atoms with Gasteiger partial charge in [0.25, 0.3) is 5.91 Å². The molecule has 1 fully saturated rings. The van der Waals surface area contributed by atoms with E-state index in [1.54, 1.807) is 12.1 Å². The number of aliphatic hydroxyl groups is 1. The molecule has 5 nitrogen and oxygen atoms in total. The van der Waals surface area contributed by atoms with Gasteiger partial charge in [0.15, 0.2) is 0 Å². The third-order valence-electron chi connectivity index (χ3n) is 5.33. The van der Waals surface area contributed by atoms with Gasteiger partial charge in [0.2, 0.25) is 0 Å². The highest BCUT2D eigenvalue weighted by molar-refractivity contribution is 6.05. The zero-order chi connectivity index (χ0) is 20.1. The first-order chi connectivity index (χ1) is 13.3. The number of hydrogen-bond donors (Lipinski definition) is 3. The molecule has 2 aromatic rings. The number of nitrogens with zero attached hydrogens (tertiary/aromatic N) is 1. The van der Waals surface area contributed by atoms with Gasteiger partial charge in [0.05, 0.1) is 17.0 Å². The van der Waals surface area contributed by atoms with Crippen LogP contribution < -0.4 is 11.1 Å². The Morgan fingerprint density at radius 3 is 2.39 bits per heavy atom. The molecule has 2 aromatic carbocycles. The van der Waals surface area contributed by atoms with Crippen molar-refractivity contribution in [2.45, 2.75) is 45.3 Å². The number of nitrogens with two attached hydrogens (primary N) is 1. The van der Waals surface area contributed by atoms with Gasteiger partial charge in [-0.1, -0.05) is 24.3 Å². The minimum absolute atomic E-state index is 0.156. The quantitative estimate of drug-likeness (QED) is 0.663. The summed E-state index contributed by atoms with van der Waals surface area (Å²) in [4.78, 5) is 14.9. The lowest BCUT2D eigenvalue weighted by Crippen LogP contribution is -2.35. The van der Waals surface area contributed by atoms with Gasteiger partial charge in [-0.2, -0.15) is 0 Å². The number of nitrogen functional groups attached to an aromatic ring is 1. The maximum absolute atomic E-state index is 12.4. The molecule has 28 heavy (non-hydrogen) atoms. The van der Waals surface area contributed by atoms with Gasteiger partial charge in [-0.25, -0.2) is 0 Å². The highest BCUT2D eigenvalue weighted by atomic mass is 16.3. The first kappa shape index (κ1) is 20.4. The van der Waals surface area contributed by atoms with Crippen LogP contribution in [0.5, 0.6) is 0 Å². The number of carbonyl (C=O) groups excluding carboxylic acids is 1. The van der Waals surface area contributed by atoms with Crippen LogP contribution in [0.1, 0.15) is 49.0 Å². The standard InChI is InChI=1S/C23H31N3O2/c1-23(2,28)15-17-11-13-26(14-12-17)16-18-7-9-19(10-8-18)22(27)25-21-6-4-3-5-20(21)24/h3-10,17,28H,11-16,24H2,1-2H3,(H,25,27). The van der Waals surface area contributed by atoms with Crippen LogP contribution in [0.25, 0.3) is 0 Å². The average molecular weight is 382 g/mol. The molecule has 0 spiro atoms. The SMILES string of the molecule is CC(C)(O)CC1CCN(Cc2ccc(C(=O)Nc3ccccc3N)cc2)CC1. The molecular formula is C23H31N3O2. The number of rotatable bonds is 6. The molecule has 0 bridgehead atoms. The molecule has 3 rings (SSSR count). The molecule has 0 saturated carbocycles. The highest BCUT2D eigenvalue weighted by Crippen LogP contribution is 2.27. The van der Waals surface area contributed by atoms with E-state index in [0.29, 0.717) is 22.9 Å². The summed E-state index contributed by atoms with van der Waals surface area (Å²) in [5.41, 5.74) is 8.32. The van der Waals surface area contributed by atoms with Gasteiger partial charge in [0, 0.05) is 12.1 Å². The Hall–Kier alpha value is -2.37. The highest BCUT2D eigenvalue weighted by Gasteiger charge is 2.24. The topological polar surface area (TPSA) is 78.6 Å². The van der Waals surface area contributed by atoms with E-state index in [9.17, 15) is 9.90 Å². The second kappa shape index (κ2) is 8.76. The monoisotopic (exact) mass is 381 g/mol. The first-order valence-corrected chi connectivity index (χ1v) is 10.00. The van der Waals surface area contributed by atoms with Crippen LogP contribution in [0.3, 0.4) is 0 Å². The van der Waals surface area contributed by atoms with Crippen molar-refractivity contribution in [2.24, 2.45) is 5.92 Å². The minimum Gasteiger partial charge on any atom is -0.397 e. The average Bonchev–Trinajstić information content (AvgIpc) is 2.64. The third kappa shape index (κ3) is 5.81. The van der Waals surface area contributed by atoms with Gasteiger partial charge in [-0.3, -0.25) is 9.69 Å². The van der Waals surface area contributed by atoms with E-state index >= 15 is 0 Å². The van der Waals surface area contributed by atoms with Crippen LogP contribution in [0, 0.1) is 5.92 Å². The van der Waals surface area contributed by atoms with E-state index in [0.717, 1.165) is 38.9 Å². The summed E-state index contributed by atoms with van der Waals surface area (Å²) in [5.74, 6) is 0.449. The fourth-order valence-electron chi connectivity index (χ4n) is 3.88. The maximum atomic E-state index is 12.4. The van der Waals surface area contributed by atoms with Crippen LogP contribution >= 0.6 is 0 Å². The number of nitrogens with one attached hydrogen (secondary N) is 1. The summed E-state index contributed by atoms with van der Waals surface area (Å²) in [6, 6.07) is 15.0. The molecule has 4 N–H and O–H groups in total. The Morgan fingerprint density at radius 1 is 1.14 bits per heavy atom. The second-order valence-corrected chi connectivity index (χ2v) is 8.47. The van der Waals surface area contributed by atoms with E-state index in [1.807, 2.05) is 50.2 Å². The van der Waals surface area contributed by atoms with Crippen LogP contribution in [0.15, 0.2) is 48.5 Å². The lowest BCUT2D eigenvalue weighted by atomic mass is 9.86. The molecule has 1 aliphatic heterocycles. The van der Waals surface area contributed by atoms with Crippen LogP contribution in [0.4, 0.5) is 11.4 Å². The van der Waals surface area contributed by atoms with Crippen molar-refractivity contribution in [3.63, 3.8) is 0 Å². The summed E-state index contributed by atoms with van der Waals surface area (Å²) in [6.45, 7) is 6.78. The van der Waals surface area contributed by atoms with Crippen molar-refractivity contribution >= 4 is 17.3 Å². The molecule has 0 unspecified atom stereocenters. The molecule has 150 valence electrons. The number of benzene rings is 2. The van der Waals surface area contributed by atoms with Crippen LogP contribution in [0.2, 0.25) is 0 Å². The van der Waals surface area contributed by atoms with Crippen molar-refractivity contribution in [3.05, 3.63) is 59.7 Å². The normalized spacial score (nSPS) is 16.1. The Bertz CT molecular complexity index is 788. The molecule has 0 atom stereocenters. The predicted molar refractivity (Wildman–Crippen MR) is 114 cm³/mol. The number of amides is 1. The van der Waals surface area contributed by atoms with Gasteiger partial charge >= 0.3 is 0 Å². The summed E-state index contributed by atoms with van der Waals surface area (Å²) in [7, 11) is 0. The third-order valence-corrected chi connectivity index (χ3v) is 5.33. The molecule has 1 heterocycles. The summed E-state index contributed by atoms with van der Waals surface area (Å²) < 4.78 is 0. The fraction of sp³-hybridized carbons (Fsp3) is 0.435. The molecular weight excluding hydrogens is 350 g/mol. The Morgan fingerprint density at radius 2 is 1.79 bits per heavy atom. The van der Waals surface area contributed by atoms with Crippen molar-refractivity contribution in [3.8, 4) is 0 Å². The molecule has 1 aliphatic rings. The summed E-state index contributed by atoms with van der Waals surface area (Å²) >= 11 is 0. The first-order valence-electron chi connectivity index (χ1n) is 10.00. The number of hydrogen-bond acceptors (Lipinski definition) is 4. The maximum Gasteiger partial charge on any atom is 0.255 e. The van der Waals surface area contributed by atoms with E-state index < -0.39 is 5.60 Å². The number of carbonyl (C=O) groups is 1. The second-order valence-electron chi connectivity index (χ2n) is 8.47.